The van der Waals surface area contributed by atoms with Gasteiger partial charge in [-0.2, -0.15) is 0 Å². The Kier molecular flexibility index (Phi) is 3.13. The lowest BCUT2D eigenvalue weighted by Crippen LogP contribution is -2.39. The highest BCUT2D eigenvalue weighted by atomic mass is 16.3. The van der Waals surface area contributed by atoms with Crippen LogP contribution in [-0.4, -0.2) is 28.9 Å². The fourth-order valence-corrected chi connectivity index (χ4v) is 2.89. The van der Waals surface area contributed by atoms with E-state index in [9.17, 15) is 14.7 Å². The molecule has 0 radical (unpaired) electrons. The first-order valence-electron chi connectivity index (χ1n) is 7.11. The van der Waals surface area contributed by atoms with E-state index in [0.29, 0.717) is 11.5 Å². The van der Waals surface area contributed by atoms with Gasteiger partial charge in [-0.15, -0.1) is 0 Å². The summed E-state index contributed by atoms with van der Waals surface area (Å²) in [5.74, 6) is 0.360. The van der Waals surface area contributed by atoms with Gasteiger partial charge in [0.05, 0.1) is 12.5 Å². The summed E-state index contributed by atoms with van der Waals surface area (Å²) in [6.07, 6.45) is 2.08. The van der Waals surface area contributed by atoms with Crippen LogP contribution in [0.1, 0.15) is 47.4 Å². The lowest BCUT2D eigenvalue weighted by Gasteiger charge is -2.25. The second-order valence-corrected chi connectivity index (χ2v) is 5.99. The summed E-state index contributed by atoms with van der Waals surface area (Å²) in [6.45, 7) is 2.05. The summed E-state index contributed by atoms with van der Waals surface area (Å²) in [6, 6.07) is 5.40. The maximum Gasteiger partial charge on any atom is 0.260 e. The van der Waals surface area contributed by atoms with E-state index in [1.807, 2.05) is 6.07 Å². The second kappa shape index (κ2) is 4.70. The zero-order valence-electron chi connectivity index (χ0n) is 11.8. The van der Waals surface area contributed by atoms with E-state index in [-0.39, 0.29) is 24.2 Å². The molecule has 2 amide bonds. The van der Waals surface area contributed by atoms with Crippen molar-refractivity contribution in [2.45, 2.75) is 32.3 Å². The van der Waals surface area contributed by atoms with Crippen LogP contribution in [-0.2, 0) is 11.2 Å². The van der Waals surface area contributed by atoms with Crippen molar-refractivity contribution in [3.63, 3.8) is 0 Å². The number of benzene rings is 1. The van der Waals surface area contributed by atoms with Crippen LogP contribution in [0.3, 0.4) is 0 Å². The first-order valence-corrected chi connectivity index (χ1v) is 7.11. The number of likely N-dealkylation sites (N-methyl/N-ethyl adjacent to an activating group) is 1. The molecule has 2 atom stereocenters. The third-order valence-corrected chi connectivity index (χ3v) is 4.59. The van der Waals surface area contributed by atoms with Gasteiger partial charge >= 0.3 is 0 Å². The minimum absolute atomic E-state index is 0.179. The normalized spacial score (nSPS) is 21.6. The van der Waals surface area contributed by atoms with E-state index in [0.717, 1.165) is 16.0 Å². The summed E-state index contributed by atoms with van der Waals surface area (Å²) < 4.78 is 0. The van der Waals surface area contributed by atoms with Crippen molar-refractivity contribution in [3.05, 3.63) is 34.9 Å². The Labute approximate surface area is 118 Å². The Morgan fingerprint density at radius 1 is 1.30 bits per heavy atom. The van der Waals surface area contributed by atoms with Crippen LogP contribution in [0.4, 0.5) is 0 Å². The molecule has 20 heavy (non-hydrogen) atoms. The summed E-state index contributed by atoms with van der Waals surface area (Å²) >= 11 is 0. The van der Waals surface area contributed by atoms with Gasteiger partial charge in [0.25, 0.3) is 5.91 Å². The standard InChI is InChI=1S/C16H19NO3/c1-9(10-3-4-10)15(19)12-6-5-11-8-14(18)17(2)16(20)13(11)7-12/h5-7,9-10,15,19H,3-4,8H2,1-2H3. The topological polar surface area (TPSA) is 57.6 Å². The van der Waals surface area contributed by atoms with Gasteiger partial charge in [0.1, 0.15) is 0 Å². The van der Waals surface area contributed by atoms with E-state index >= 15 is 0 Å². The smallest absolute Gasteiger partial charge is 0.260 e. The molecule has 1 saturated carbocycles. The Hall–Kier alpha value is -1.68. The van der Waals surface area contributed by atoms with Crippen molar-refractivity contribution in [2.24, 2.45) is 11.8 Å². The molecular weight excluding hydrogens is 254 g/mol. The van der Waals surface area contributed by atoms with Gasteiger partial charge in [0, 0.05) is 12.6 Å². The van der Waals surface area contributed by atoms with Gasteiger partial charge in [-0.25, -0.2) is 0 Å². The molecule has 1 aliphatic heterocycles. The second-order valence-electron chi connectivity index (χ2n) is 5.99. The predicted molar refractivity (Wildman–Crippen MR) is 74.1 cm³/mol. The molecule has 1 N–H and O–H groups in total. The van der Waals surface area contributed by atoms with Crippen LogP contribution in [0, 0.1) is 11.8 Å². The number of aliphatic hydroxyl groups is 1. The minimum Gasteiger partial charge on any atom is -0.388 e. The summed E-state index contributed by atoms with van der Waals surface area (Å²) in [5.41, 5.74) is 2.08. The van der Waals surface area contributed by atoms with Crippen LogP contribution in [0.5, 0.6) is 0 Å². The number of imide groups is 1. The molecular formula is C16H19NO3. The van der Waals surface area contributed by atoms with Crippen molar-refractivity contribution >= 4 is 11.8 Å². The average Bonchev–Trinajstić information content (AvgIpc) is 3.27. The number of amides is 2. The molecule has 4 nitrogen and oxygen atoms in total. The maximum absolute atomic E-state index is 12.1. The summed E-state index contributed by atoms with van der Waals surface area (Å²) in [5, 5.41) is 10.4. The number of carbonyl (C=O) groups excluding carboxylic acids is 2. The van der Waals surface area contributed by atoms with Crippen molar-refractivity contribution in [2.75, 3.05) is 7.05 Å². The SMILES string of the molecule is CC(C1CC1)C(O)c1ccc2c(c1)C(=O)N(C)C(=O)C2. The number of fused-ring (bicyclic) bond motifs is 1. The average molecular weight is 273 g/mol. The van der Waals surface area contributed by atoms with E-state index in [1.54, 1.807) is 12.1 Å². The fourth-order valence-electron chi connectivity index (χ4n) is 2.89. The van der Waals surface area contributed by atoms with Gasteiger partial charge in [-0.1, -0.05) is 19.1 Å². The highest BCUT2D eigenvalue weighted by molar-refractivity contribution is 6.09. The Morgan fingerprint density at radius 3 is 2.65 bits per heavy atom. The highest BCUT2D eigenvalue weighted by Gasteiger charge is 2.34. The first-order chi connectivity index (χ1) is 9.49. The number of aliphatic hydroxyl groups excluding tert-OH is 1. The molecule has 2 aliphatic rings. The summed E-state index contributed by atoms with van der Waals surface area (Å²) in [4.78, 5) is 24.9. The van der Waals surface area contributed by atoms with E-state index in [1.165, 1.54) is 19.9 Å². The highest BCUT2D eigenvalue weighted by Crippen LogP contribution is 2.42. The van der Waals surface area contributed by atoms with Crippen molar-refractivity contribution in [1.29, 1.82) is 0 Å². The monoisotopic (exact) mass is 273 g/mol. The molecule has 1 heterocycles. The molecule has 0 aromatic heterocycles. The lowest BCUT2D eigenvalue weighted by atomic mass is 9.89. The van der Waals surface area contributed by atoms with Crippen LogP contribution < -0.4 is 0 Å². The Morgan fingerprint density at radius 2 is 2.00 bits per heavy atom. The molecule has 4 heteroatoms. The van der Waals surface area contributed by atoms with Crippen LogP contribution >= 0.6 is 0 Å². The molecule has 0 spiro atoms. The van der Waals surface area contributed by atoms with E-state index in [4.69, 9.17) is 0 Å². The Bertz CT molecular complexity index is 577. The number of carbonyl (C=O) groups is 2. The number of nitrogens with zero attached hydrogens (tertiary/aromatic N) is 1. The molecule has 0 saturated heterocycles. The van der Waals surface area contributed by atoms with Gasteiger partial charge in [0.2, 0.25) is 5.91 Å². The predicted octanol–water partition coefficient (Wildman–Crippen LogP) is 1.92. The fraction of sp³-hybridized carbons (Fsp3) is 0.500. The van der Waals surface area contributed by atoms with Crippen LogP contribution in [0.2, 0.25) is 0 Å². The van der Waals surface area contributed by atoms with Gasteiger partial charge in [0.15, 0.2) is 0 Å². The van der Waals surface area contributed by atoms with Crippen LogP contribution in [0.15, 0.2) is 18.2 Å². The molecule has 1 aromatic carbocycles. The lowest BCUT2D eigenvalue weighted by molar-refractivity contribution is -0.127. The van der Waals surface area contributed by atoms with E-state index < -0.39 is 6.10 Å². The zero-order chi connectivity index (χ0) is 14.4. The Balaban J connectivity index is 1.92. The van der Waals surface area contributed by atoms with Gasteiger partial charge < -0.3 is 5.11 Å². The third kappa shape index (κ3) is 2.14. The quantitative estimate of drug-likeness (QED) is 0.856. The van der Waals surface area contributed by atoms with Crippen molar-refractivity contribution < 1.29 is 14.7 Å². The van der Waals surface area contributed by atoms with Crippen LogP contribution in [0.25, 0.3) is 0 Å². The number of hydrogen-bond donors (Lipinski definition) is 1. The molecule has 3 rings (SSSR count). The molecule has 0 bridgehead atoms. The number of hydrogen-bond acceptors (Lipinski definition) is 3. The van der Waals surface area contributed by atoms with Crippen molar-refractivity contribution in [1.82, 2.24) is 4.90 Å². The molecule has 106 valence electrons. The maximum atomic E-state index is 12.1. The summed E-state index contributed by atoms with van der Waals surface area (Å²) in [7, 11) is 1.50. The minimum atomic E-state index is -0.538. The molecule has 1 aliphatic carbocycles. The molecule has 1 aromatic rings. The van der Waals surface area contributed by atoms with E-state index in [2.05, 4.69) is 6.92 Å². The number of rotatable bonds is 3. The first kappa shape index (κ1) is 13.3. The zero-order valence-corrected chi connectivity index (χ0v) is 11.8. The van der Waals surface area contributed by atoms with Crippen molar-refractivity contribution in [3.8, 4) is 0 Å². The molecule has 1 fully saturated rings. The molecule has 2 unspecified atom stereocenters. The largest absolute Gasteiger partial charge is 0.388 e. The van der Waals surface area contributed by atoms with Gasteiger partial charge in [-0.3, -0.25) is 14.5 Å². The third-order valence-electron chi connectivity index (χ3n) is 4.59. The van der Waals surface area contributed by atoms with Gasteiger partial charge in [-0.05, 0) is 41.9 Å².